The van der Waals surface area contributed by atoms with Crippen molar-refractivity contribution in [1.82, 2.24) is 15.0 Å². The molecule has 4 rings (SSSR count). The summed E-state index contributed by atoms with van der Waals surface area (Å²) in [6.07, 6.45) is 0. The first-order valence-electron chi connectivity index (χ1n) is 8.89. The highest BCUT2D eigenvalue weighted by Gasteiger charge is 2.12. The zero-order valence-electron chi connectivity index (χ0n) is 15.5. The van der Waals surface area contributed by atoms with Gasteiger partial charge in [0.15, 0.2) is 5.82 Å². The van der Waals surface area contributed by atoms with Gasteiger partial charge in [-0.2, -0.15) is 15.0 Å². The van der Waals surface area contributed by atoms with Gasteiger partial charge in [0.05, 0.1) is 4.92 Å². The van der Waals surface area contributed by atoms with Gasteiger partial charge in [-0.15, -0.1) is 0 Å². The number of anilines is 1. The summed E-state index contributed by atoms with van der Waals surface area (Å²) in [4.78, 5) is 24.4. The average molecular weight is 417 g/mol. The van der Waals surface area contributed by atoms with Crippen LogP contribution in [-0.2, 0) is 0 Å². The molecule has 9 heteroatoms. The molecule has 0 saturated carbocycles. The molecule has 0 radical (unpaired) electrons. The van der Waals surface area contributed by atoms with E-state index >= 15 is 0 Å². The Hall–Kier alpha value is -3.98. The van der Waals surface area contributed by atoms with E-state index in [9.17, 15) is 10.1 Å². The Kier molecular flexibility index (Phi) is 5.81. The third-order valence-corrected chi connectivity index (χ3v) is 4.66. The molecule has 4 aromatic rings. The Morgan fingerprint density at radius 2 is 1.60 bits per heavy atom. The third-order valence-electron chi connectivity index (χ3n) is 3.89. The van der Waals surface area contributed by atoms with Gasteiger partial charge >= 0.3 is 6.01 Å². The van der Waals surface area contributed by atoms with Crippen LogP contribution >= 0.6 is 11.9 Å². The number of aromatic nitrogens is 3. The highest BCUT2D eigenvalue weighted by molar-refractivity contribution is 8.00. The first kappa shape index (κ1) is 19.3. The number of non-ortho nitro benzene ring substituents is 1. The fraction of sp³-hybridized carbons (Fsp3) is 0. The van der Waals surface area contributed by atoms with Crippen molar-refractivity contribution in [3.8, 4) is 23.1 Å². The first-order chi connectivity index (χ1) is 14.7. The molecule has 1 N–H and O–H groups in total. The largest absolute Gasteiger partial charge is 0.424 e. The van der Waals surface area contributed by atoms with Crippen molar-refractivity contribution in [2.45, 2.75) is 4.90 Å². The van der Waals surface area contributed by atoms with Gasteiger partial charge in [-0.05, 0) is 30.1 Å². The lowest BCUT2D eigenvalue weighted by Crippen LogP contribution is -2.02. The second-order valence-electron chi connectivity index (χ2n) is 6.00. The third kappa shape index (κ3) is 4.89. The number of nitrogens with one attached hydrogen (secondary N) is 1. The van der Waals surface area contributed by atoms with Crippen molar-refractivity contribution in [2.24, 2.45) is 0 Å². The van der Waals surface area contributed by atoms with Gasteiger partial charge < -0.3 is 4.74 Å². The maximum atomic E-state index is 11.0. The molecule has 3 aromatic carbocycles. The van der Waals surface area contributed by atoms with Gasteiger partial charge in [0.1, 0.15) is 5.75 Å². The van der Waals surface area contributed by atoms with E-state index in [0.717, 1.165) is 17.5 Å². The number of rotatable bonds is 7. The maximum Gasteiger partial charge on any atom is 0.327 e. The van der Waals surface area contributed by atoms with Crippen molar-refractivity contribution in [1.29, 1.82) is 0 Å². The number of hydrogen-bond acceptors (Lipinski definition) is 8. The van der Waals surface area contributed by atoms with Gasteiger partial charge in [-0.3, -0.25) is 14.8 Å². The van der Waals surface area contributed by atoms with Crippen molar-refractivity contribution in [3.63, 3.8) is 0 Å². The molecule has 30 heavy (non-hydrogen) atoms. The van der Waals surface area contributed by atoms with Crippen LogP contribution in [0.3, 0.4) is 0 Å². The van der Waals surface area contributed by atoms with E-state index in [2.05, 4.69) is 19.7 Å². The number of ether oxygens (including phenoxy) is 1. The van der Waals surface area contributed by atoms with Gasteiger partial charge in [0, 0.05) is 22.6 Å². The summed E-state index contributed by atoms with van der Waals surface area (Å²) in [7, 11) is 0. The summed E-state index contributed by atoms with van der Waals surface area (Å²) >= 11 is 1.16. The molecule has 0 fully saturated rings. The molecular weight excluding hydrogens is 402 g/mol. The van der Waals surface area contributed by atoms with Crippen LogP contribution in [0, 0.1) is 10.1 Å². The molecule has 0 saturated heterocycles. The van der Waals surface area contributed by atoms with Crippen LogP contribution in [0.4, 0.5) is 11.6 Å². The van der Waals surface area contributed by atoms with Gasteiger partial charge in [-0.25, -0.2) is 0 Å². The molecule has 0 spiro atoms. The monoisotopic (exact) mass is 417 g/mol. The molecule has 0 amide bonds. The van der Waals surface area contributed by atoms with Crippen molar-refractivity contribution in [3.05, 3.63) is 95.0 Å². The van der Waals surface area contributed by atoms with E-state index in [1.807, 2.05) is 48.5 Å². The van der Waals surface area contributed by atoms with Crippen LogP contribution in [-0.4, -0.2) is 19.9 Å². The zero-order chi connectivity index (χ0) is 20.8. The quantitative estimate of drug-likeness (QED) is 0.244. The molecule has 0 atom stereocenters. The number of nitro benzene ring substituents is 1. The highest BCUT2D eigenvalue weighted by Crippen LogP contribution is 2.26. The van der Waals surface area contributed by atoms with E-state index in [0.29, 0.717) is 16.5 Å². The van der Waals surface area contributed by atoms with Crippen molar-refractivity contribution in [2.75, 3.05) is 4.72 Å². The summed E-state index contributed by atoms with van der Waals surface area (Å²) in [5.41, 5.74) is 0.816. The van der Waals surface area contributed by atoms with Crippen LogP contribution < -0.4 is 9.46 Å². The molecule has 1 aromatic heterocycles. The van der Waals surface area contributed by atoms with E-state index in [-0.39, 0.29) is 17.6 Å². The van der Waals surface area contributed by atoms with Gasteiger partial charge in [-0.1, -0.05) is 54.6 Å². The summed E-state index contributed by atoms with van der Waals surface area (Å²) in [6, 6.07) is 25.1. The Morgan fingerprint density at radius 1 is 0.867 bits per heavy atom. The predicted molar refractivity (Wildman–Crippen MR) is 114 cm³/mol. The summed E-state index contributed by atoms with van der Waals surface area (Å²) < 4.78 is 8.80. The Labute approximate surface area is 176 Å². The first-order valence-corrected chi connectivity index (χ1v) is 9.71. The van der Waals surface area contributed by atoms with E-state index in [1.165, 1.54) is 12.1 Å². The van der Waals surface area contributed by atoms with Crippen LogP contribution in [0.15, 0.2) is 89.8 Å². The topological polar surface area (TPSA) is 103 Å². The maximum absolute atomic E-state index is 11.0. The second-order valence-corrected chi connectivity index (χ2v) is 6.88. The molecule has 0 bridgehead atoms. The lowest BCUT2D eigenvalue weighted by Gasteiger charge is -2.09. The summed E-state index contributed by atoms with van der Waals surface area (Å²) in [5.74, 6) is 1.31. The summed E-state index contributed by atoms with van der Waals surface area (Å²) in [5, 5.41) is 11.0. The lowest BCUT2D eigenvalue weighted by atomic mass is 10.2. The molecule has 0 aliphatic carbocycles. The Bertz CT molecular complexity index is 1160. The summed E-state index contributed by atoms with van der Waals surface area (Å²) in [6.45, 7) is 0. The number of para-hydroxylation sites is 1. The minimum atomic E-state index is -0.438. The predicted octanol–water partition coefficient (Wildman–Crippen LogP) is 5.36. The highest BCUT2D eigenvalue weighted by atomic mass is 32.2. The van der Waals surface area contributed by atoms with Crippen molar-refractivity contribution >= 4 is 23.6 Å². The molecule has 0 unspecified atom stereocenters. The molecule has 1 heterocycles. The fourth-order valence-electron chi connectivity index (χ4n) is 2.52. The lowest BCUT2D eigenvalue weighted by molar-refractivity contribution is -0.385. The van der Waals surface area contributed by atoms with Crippen LogP contribution in [0.1, 0.15) is 0 Å². The molecule has 0 aliphatic rings. The van der Waals surface area contributed by atoms with Crippen LogP contribution in [0.2, 0.25) is 0 Å². The normalized spacial score (nSPS) is 10.4. The molecule has 0 aliphatic heterocycles. The standard InChI is InChI=1S/C21H15N5O3S/c27-26(28)16-10-7-13-18(14-16)30-25-20-22-19(15-8-3-1-4-9-15)23-21(24-20)29-17-11-5-2-6-12-17/h1-14H,(H,22,23,24,25). The number of hydrogen-bond donors (Lipinski definition) is 1. The van der Waals surface area contributed by atoms with E-state index in [4.69, 9.17) is 4.74 Å². The molecule has 148 valence electrons. The Balaban J connectivity index is 1.62. The minimum absolute atomic E-state index is 0.00974. The number of benzene rings is 3. The Morgan fingerprint density at radius 3 is 2.33 bits per heavy atom. The SMILES string of the molecule is O=[N+]([O-])c1cccc(SNc2nc(Oc3ccccc3)nc(-c3ccccc3)n2)c1. The van der Waals surface area contributed by atoms with Crippen LogP contribution in [0.5, 0.6) is 11.8 Å². The smallest absolute Gasteiger partial charge is 0.327 e. The van der Waals surface area contributed by atoms with Crippen LogP contribution in [0.25, 0.3) is 11.4 Å². The molecular formula is C21H15N5O3S. The number of nitrogens with zero attached hydrogens (tertiary/aromatic N) is 4. The fourth-order valence-corrected chi connectivity index (χ4v) is 3.15. The van der Waals surface area contributed by atoms with Gasteiger partial charge in [0.25, 0.3) is 5.69 Å². The van der Waals surface area contributed by atoms with Gasteiger partial charge in [0.2, 0.25) is 5.95 Å². The number of nitro groups is 1. The zero-order valence-corrected chi connectivity index (χ0v) is 16.3. The van der Waals surface area contributed by atoms with Crippen molar-refractivity contribution < 1.29 is 9.66 Å². The average Bonchev–Trinajstić information content (AvgIpc) is 2.79. The minimum Gasteiger partial charge on any atom is -0.424 e. The molecule has 8 nitrogen and oxygen atoms in total. The van der Waals surface area contributed by atoms with E-state index in [1.54, 1.807) is 24.3 Å². The second kappa shape index (κ2) is 9.01. The van der Waals surface area contributed by atoms with E-state index < -0.39 is 4.92 Å².